The van der Waals surface area contributed by atoms with Crippen molar-refractivity contribution >= 4 is 23.8 Å². The van der Waals surface area contributed by atoms with Crippen LogP contribution in [0.5, 0.6) is 0 Å². The molecule has 1 rings (SSSR count). The van der Waals surface area contributed by atoms with Gasteiger partial charge < -0.3 is 5.21 Å². The molecule has 0 aliphatic rings. The van der Waals surface area contributed by atoms with Crippen molar-refractivity contribution < 1.29 is 10.0 Å². The third kappa shape index (κ3) is 3.25. The van der Waals surface area contributed by atoms with E-state index in [4.69, 9.17) is 5.21 Å². The van der Waals surface area contributed by atoms with Gasteiger partial charge in [-0.25, -0.2) is 0 Å². The Morgan fingerprint density at radius 2 is 2.31 bits per heavy atom. The van der Waals surface area contributed by atoms with E-state index in [1.54, 1.807) is 12.4 Å². The summed E-state index contributed by atoms with van der Waals surface area (Å²) in [4.78, 5) is 15.1. The van der Waals surface area contributed by atoms with Crippen LogP contribution in [0.3, 0.4) is 0 Å². The van der Waals surface area contributed by atoms with Crippen LogP contribution in [-0.4, -0.2) is 27.9 Å². The molecule has 1 aromatic heterocycles. The van der Waals surface area contributed by atoms with Crippen molar-refractivity contribution in [3.05, 3.63) is 24.5 Å². The molecule has 0 saturated carbocycles. The van der Waals surface area contributed by atoms with Crippen LogP contribution in [0.15, 0.2) is 34.6 Å². The predicted octanol–water partition coefficient (Wildman–Crippen LogP) is 1.20. The van der Waals surface area contributed by atoms with Gasteiger partial charge in [-0.3, -0.25) is 9.78 Å². The zero-order chi connectivity index (χ0) is 9.52. The van der Waals surface area contributed by atoms with Crippen LogP contribution in [-0.2, 0) is 4.79 Å². The standard InChI is InChI=1S/C8H8N2O2S/c11-5-7(10-12)6-13-8-1-3-9-4-2-8/h1-5,12H,6H2. The highest BCUT2D eigenvalue weighted by molar-refractivity contribution is 8.00. The van der Waals surface area contributed by atoms with E-state index in [1.165, 1.54) is 11.8 Å². The smallest absolute Gasteiger partial charge is 0.168 e. The molecule has 1 aromatic rings. The molecule has 0 amide bonds. The minimum atomic E-state index is 0.127. The van der Waals surface area contributed by atoms with Crippen molar-refractivity contribution in [1.82, 2.24) is 4.98 Å². The molecule has 4 nitrogen and oxygen atoms in total. The Morgan fingerprint density at radius 3 is 2.85 bits per heavy atom. The number of nitrogens with zero attached hydrogens (tertiary/aromatic N) is 2. The van der Waals surface area contributed by atoms with Gasteiger partial charge in [0.2, 0.25) is 0 Å². The number of thioether (sulfide) groups is 1. The highest BCUT2D eigenvalue weighted by Gasteiger charge is 1.99. The van der Waals surface area contributed by atoms with Gasteiger partial charge in [0.15, 0.2) is 6.29 Å². The first kappa shape index (κ1) is 9.73. The van der Waals surface area contributed by atoms with Crippen LogP contribution in [0.1, 0.15) is 0 Å². The summed E-state index contributed by atoms with van der Waals surface area (Å²) in [6, 6.07) is 3.65. The van der Waals surface area contributed by atoms with Gasteiger partial charge in [-0.15, -0.1) is 11.8 Å². The molecule has 0 aliphatic carbocycles. The van der Waals surface area contributed by atoms with Gasteiger partial charge in [-0.1, -0.05) is 5.16 Å². The topological polar surface area (TPSA) is 62.5 Å². The third-order valence-corrected chi connectivity index (χ3v) is 2.35. The molecule has 0 radical (unpaired) electrons. The number of hydrogen-bond acceptors (Lipinski definition) is 5. The molecule has 1 N–H and O–H groups in total. The molecule has 0 bridgehead atoms. The van der Waals surface area contributed by atoms with E-state index >= 15 is 0 Å². The number of carbonyl (C=O) groups is 1. The van der Waals surface area contributed by atoms with E-state index in [1.807, 2.05) is 12.1 Å². The Bertz CT molecular complexity index is 300. The first-order valence-electron chi connectivity index (χ1n) is 3.55. The molecule has 0 fully saturated rings. The number of oxime groups is 1. The molecule has 0 aromatic carbocycles. The summed E-state index contributed by atoms with van der Waals surface area (Å²) < 4.78 is 0. The summed E-state index contributed by atoms with van der Waals surface area (Å²) in [6.45, 7) is 0. The molecule has 1 heterocycles. The van der Waals surface area contributed by atoms with Crippen molar-refractivity contribution in [2.24, 2.45) is 5.16 Å². The molecule has 0 aliphatic heterocycles. The van der Waals surface area contributed by atoms with Gasteiger partial charge in [0.25, 0.3) is 0 Å². The van der Waals surface area contributed by atoms with E-state index in [0.29, 0.717) is 12.0 Å². The molecular weight excluding hydrogens is 188 g/mol. The summed E-state index contributed by atoms with van der Waals surface area (Å²) in [6.07, 6.45) is 3.87. The fourth-order valence-corrected chi connectivity index (χ4v) is 1.43. The van der Waals surface area contributed by atoms with E-state index in [-0.39, 0.29) is 5.71 Å². The second kappa shape index (κ2) is 5.31. The second-order valence-electron chi connectivity index (χ2n) is 2.18. The number of hydrogen-bond donors (Lipinski definition) is 1. The van der Waals surface area contributed by atoms with Gasteiger partial charge >= 0.3 is 0 Å². The summed E-state index contributed by atoms with van der Waals surface area (Å²) >= 11 is 1.42. The molecule has 0 spiro atoms. The minimum absolute atomic E-state index is 0.127. The summed E-state index contributed by atoms with van der Waals surface area (Å²) in [7, 11) is 0. The maximum Gasteiger partial charge on any atom is 0.168 e. The Morgan fingerprint density at radius 1 is 1.62 bits per heavy atom. The van der Waals surface area contributed by atoms with Crippen molar-refractivity contribution in [2.75, 3.05) is 5.75 Å². The summed E-state index contributed by atoms with van der Waals surface area (Å²) in [5.74, 6) is 0.365. The quantitative estimate of drug-likeness (QED) is 0.258. The number of rotatable bonds is 4. The maximum atomic E-state index is 10.2. The zero-order valence-electron chi connectivity index (χ0n) is 6.75. The van der Waals surface area contributed by atoms with E-state index in [0.717, 1.165) is 4.90 Å². The van der Waals surface area contributed by atoms with Crippen LogP contribution in [0.25, 0.3) is 0 Å². The fraction of sp³-hybridized carbons (Fsp3) is 0.125. The average molecular weight is 196 g/mol. The SMILES string of the molecule is O=CC(CSc1ccncc1)=NO. The highest BCUT2D eigenvalue weighted by atomic mass is 32.2. The summed E-state index contributed by atoms with van der Waals surface area (Å²) in [5.41, 5.74) is 0.127. The first-order chi connectivity index (χ1) is 6.36. The number of aromatic nitrogens is 1. The third-order valence-electron chi connectivity index (χ3n) is 1.30. The van der Waals surface area contributed by atoms with Gasteiger partial charge in [-0.05, 0) is 12.1 Å². The van der Waals surface area contributed by atoms with Crippen molar-refractivity contribution in [1.29, 1.82) is 0 Å². The van der Waals surface area contributed by atoms with Gasteiger partial charge in [0.1, 0.15) is 5.71 Å². The van der Waals surface area contributed by atoms with E-state index < -0.39 is 0 Å². The van der Waals surface area contributed by atoms with E-state index in [9.17, 15) is 4.79 Å². The largest absolute Gasteiger partial charge is 0.411 e. The molecule has 5 heteroatoms. The van der Waals surface area contributed by atoms with Crippen LogP contribution in [0.2, 0.25) is 0 Å². The van der Waals surface area contributed by atoms with Gasteiger partial charge in [0, 0.05) is 23.0 Å². The van der Waals surface area contributed by atoms with Crippen molar-refractivity contribution in [3.8, 4) is 0 Å². The van der Waals surface area contributed by atoms with Crippen LogP contribution >= 0.6 is 11.8 Å². The predicted molar refractivity (Wildman–Crippen MR) is 50.2 cm³/mol. The van der Waals surface area contributed by atoms with E-state index in [2.05, 4.69) is 10.1 Å². The molecule has 13 heavy (non-hydrogen) atoms. The lowest BCUT2D eigenvalue weighted by Crippen LogP contribution is -2.02. The van der Waals surface area contributed by atoms with Crippen LogP contribution in [0, 0.1) is 0 Å². The fourth-order valence-electron chi connectivity index (χ4n) is 0.678. The first-order valence-corrected chi connectivity index (χ1v) is 4.54. The lowest BCUT2D eigenvalue weighted by atomic mass is 10.5. The van der Waals surface area contributed by atoms with Crippen LogP contribution in [0.4, 0.5) is 0 Å². The average Bonchev–Trinajstić information content (AvgIpc) is 2.21. The van der Waals surface area contributed by atoms with Crippen molar-refractivity contribution in [3.63, 3.8) is 0 Å². The Labute approximate surface area is 79.7 Å². The zero-order valence-corrected chi connectivity index (χ0v) is 7.57. The van der Waals surface area contributed by atoms with Crippen molar-refractivity contribution in [2.45, 2.75) is 4.90 Å². The Hall–Kier alpha value is -1.36. The normalized spacial score (nSPS) is 11.2. The molecule has 0 unspecified atom stereocenters. The Balaban J connectivity index is 2.48. The number of carbonyl (C=O) groups excluding carboxylic acids is 1. The molecule has 0 atom stereocenters. The number of aldehydes is 1. The molecular formula is C8H8N2O2S. The highest BCUT2D eigenvalue weighted by Crippen LogP contribution is 2.15. The molecule has 68 valence electrons. The second-order valence-corrected chi connectivity index (χ2v) is 3.23. The monoisotopic (exact) mass is 196 g/mol. The lowest BCUT2D eigenvalue weighted by molar-refractivity contribution is -0.102. The minimum Gasteiger partial charge on any atom is -0.411 e. The maximum absolute atomic E-state index is 10.2. The molecule has 0 saturated heterocycles. The van der Waals surface area contributed by atoms with Gasteiger partial charge in [0.05, 0.1) is 0 Å². The lowest BCUT2D eigenvalue weighted by Gasteiger charge is -1.97. The van der Waals surface area contributed by atoms with Crippen LogP contribution < -0.4 is 0 Å². The summed E-state index contributed by atoms with van der Waals surface area (Å²) in [5, 5.41) is 11.2. The van der Waals surface area contributed by atoms with Gasteiger partial charge in [-0.2, -0.15) is 0 Å². The Kier molecular flexibility index (Phi) is 3.98. The number of pyridine rings is 1.